The summed E-state index contributed by atoms with van der Waals surface area (Å²) in [6, 6.07) is 10.7. The van der Waals surface area contributed by atoms with E-state index in [1.807, 2.05) is 10.9 Å². The number of aromatic nitrogens is 2. The van der Waals surface area contributed by atoms with Crippen molar-refractivity contribution in [1.82, 2.24) is 23.3 Å². The van der Waals surface area contributed by atoms with Gasteiger partial charge in [-0.15, -0.1) is 0 Å². The molecule has 1 aliphatic carbocycles. The number of fused-ring (bicyclic) bond motifs is 1. The van der Waals surface area contributed by atoms with Gasteiger partial charge in [0.2, 0.25) is 0 Å². The standard InChI is InChI=1S/C26H34FN5O2S/c1-18(2)16-30-11-12-31(35(33,34)29(4)22-9-10-22)17-26(30)24-14-20-15-28-32(25(20)13-19(24)3)23-7-5-21(27)6-8-23/h5-8,13-15,18,22,26H,9-12,16-17H2,1-4H3/t26-/m0/s1. The van der Waals surface area contributed by atoms with Crippen molar-refractivity contribution in [2.45, 2.75) is 45.7 Å². The van der Waals surface area contributed by atoms with E-state index in [4.69, 9.17) is 0 Å². The van der Waals surface area contributed by atoms with Crippen molar-refractivity contribution < 1.29 is 12.8 Å². The molecular weight excluding hydrogens is 465 g/mol. The normalized spacial score (nSPS) is 20.4. The molecule has 1 saturated carbocycles. The van der Waals surface area contributed by atoms with Gasteiger partial charge in [-0.25, -0.2) is 9.07 Å². The average molecular weight is 500 g/mol. The molecule has 1 aromatic heterocycles. The number of hydrogen-bond acceptors (Lipinski definition) is 4. The first-order valence-electron chi connectivity index (χ1n) is 12.4. The third-order valence-electron chi connectivity index (χ3n) is 7.19. The number of hydrogen-bond donors (Lipinski definition) is 0. The molecule has 0 amide bonds. The lowest BCUT2D eigenvalue weighted by molar-refractivity contribution is 0.102. The van der Waals surface area contributed by atoms with E-state index >= 15 is 0 Å². The van der Waals surface area contributed by atoms with Crippen LogP contribution in [0.25, 0.3) is 16.6 Å². The maximum absolute atomic E-state index is 13.4. The van der Waals surface area contributed by atoms with E-state index in [0.29, 0.717) is 25.6 Å². The van der Waals surface area contributed by atoms with Crippen LogP contribution in [0.2, 0.25) is 0 Å². The molecule has 1 atom stereocenters. The summed E-state index contributed by atoms with van der Waals surface area (Å²) in [7, 11) is -1.78. The van der Waals surface area contributed by atoms with Crippen LogP contribution in [-0.2, 0) is 10.2 Å². The fraction of sp³-hybridized carbons (Fsp3) is 0.500. The molecule has 188 valence electrons. The van der Waals surface area contributed by atoms with E-state index in [9.17, 15) is 12.8 Å². The number of halogens is 1. The summed E-state index contributed by atoms with van der Waals surface area (Å²) in [5.41, 5.74) is 3.97. The van der Waals surface area contributed by atoms with Crippen LogP contribution < -0.4 is 0 Å². The Bertz CT molecular complexity index is 1320. The average Bonchev–Trinajstić information content (AvgIpc) is 3.59. The number of benzene rings is 2. The van der Waals surface area contributed by atoms with Gasteiger partial charge in [-0.2, -0.15) is 22.1 Å². The van der Waals surface area contributed by atoms with Crippen molar-refractivity contribution >= 4 is 21.1 Å². The van der Waals surface area contributed by atoms with E-state index < -0.39 is 10.2 Å². The molecule has 9 heteroatoms. The first-order chi connectivity index (χ1) is 16.6. The Morgan fingerprint density at radius 1 is 1.14 bits per heavy atom. The molecule has 0 unspecified atom stereocenters. The molecular formula is C26H34FN5O2S. The summed E-state index contributed by atoms with van der Waals surface area (Å²) in [4.78, 5) is 2.42. The maximum Gasteiger partial charge on any atom is 0.282 e. The van der Waals surface area contributed by atoms with Crippen LogP contribution in [0.4, 0.5) is 4.39 Å². The molecule has 7 nitrogen and oxygen atoms in total. The Hall–Kier alpha value is -2.33. The SMILES string of the molecule is Cc1cc2c(cnn2-c2ccc(F)cc2)cc1[C@@H]1CN(S(=O)(=O)N(C)C2CC2)CCN1CC(C)C. The van der Waals surface area contributed by atoms with Crippen LogP contribution in [0.3, 0.4) is 0 Å². The minimum atomic E-state index is -3.49. The predicted octanol–water partition coefficient (Wildman–Crippen LogP) is 4.13. The van der Waals surface area contributed by atoms with Gasteiger partial charge in [0, 0.05) is 50.7 Å². The zero-order valence-corrected chi connectivity index (χ0v) is 21.7. The highest BCUT2D eigenvalue weighted by atomic mass is 32.2. The van der Waals surface area contributed by atoms with Crippen LogP contribution in [0.15, 0.2) is 42.6 Å². The second-order valence-electron chi connectivity index (χ2n) is 10.3. The molecule has 1 saturated heterocycles. The molecule has 0 N–H and O–H groups in total. The van der Waals surface area contributed by atoms with Gasteiger partial charge >= 0.3 is 0 Å². The highest BCUT2D eigenvalue weighted by Gasteiger charge is 2.41. The third kappa shape index (κ3) is 4.74. The third-order valence-corrected chi connectivity index (χ3v) is 9.20. The van der Waals surface area contributed by atoms with Gasteiger partial charge in [0.1, 0.15) is 5.82 Å². The molecule has 3 aromatic rings. The quantitative estimate of drug-likeness (QED) is 0.491. The lowest BCUT2D eigenvalue weighted by Gasteiger charge is -2.43. The zero-order chi connectivity index (χ0) is 24.9. The van der Waals surface area contributed by atoms with Crippen LogP contribution in [0.1, 0.15) is 43.9 Å². The van der Waals surface area contributed by atoms with Crippen molar-refractivity contribution in [1.29, 1.82) is 0 Å². The molecule has 0 spiro atoms. The Kier molecular flexibility index (Phi) is 6.46. The Morgan fingerprint density at radius 3 is 2.51 bits per heavy atom. The van der Waals surface area contributed by atoms with Gasteiger partial charge in [-0.3, -0.25) is 4.90 Å². The van der Waals surface area contributed by atoms with E-state index in [-0.39, 0.29) is 17.9 Å². The van der Waals surface area contributed by atoms with E-state index in [1.165, 1.54) is 12.1 Å². The lowest BCUT2D eigenvalue weighted by atomic mass is 9.96. The van der Waals surface area contributed by atoms with Crippen LogP contribution in [0.5, 0.6) is 0 Å². The van der Waals surface area contributed by atoms with Crippen molar-refractivity contribution in [2.75, 3.05) is 33.2 Å². The summed E-state index contributed by atoms with van der Waals surface area (Å²) in [6.45, 7) is 9.02. The first-order valence-corrected chi connectivity index (χ1v) is 13.8. The molecule has 0 bridgehead atoms. The second kappa shape index (κ2) is 9.28. The molecule has 2 heterocycles. The summed E-state index contributed by atoms with van der Waals surface area (Å²) in [6.07, 6.45) is 3.72. The number of aryl methyl sites for hydroxylation is 1. The topological polar surface area (TPSA) is 61.7 Å². The van der Waals surface area contributed by atoms with Crippen molar-refractivity contribution in [3.8, 4) is 5.69 Å². The van der Waals surface area contributed by atoms with Gasteiger partial charge < -0.3 is 0 Å². The second-order valence-corrected chi connectivity index (χ2v) is 12.3. The minimum absolute atomic E-state index is 0.0351. The van der Waals surface area contributed by atoms with Crippen LogP contribution in [-0.4, -0.2) is 71.0 Å². The van der Waals surface area contributed by atoms with Crippen molar-refractivity contribution in [3.63, 3.8) is 0 Å². The Morgan fingerprint density at radius 2 is 1.86 bits per heavy atom. The van der Waals surface area contributed by atoms with Crippen molar-refractivity contribution in [2.24, 2.45) is 5.92 Å². The van der Waals surface area contributed by atoms with Crippen LogP contribution >= 0.6 is 0 Å². The highest BCUT2D eigenvalue weighted by molar-refractivity contribution is 7.86. The Balaban J connectivity index is 1.51. The highest BCUT2D eigenvalue weighted by Crippen LogP contribution is 2.35. The largest absolute Gasteiger partial charge is 0.293 e. The molecule has 2 fully saturated rings. The fourth-order valence-electron chi connectivity index (χ4n) is 5.14. The van der Waals surface area contributed by atoms with Crippen LogP contribution in [0, 0.1) is 18.7 Å². The van der Waals surface area contributed by atoms with Gasteiger partial charge in [0.15, 0.2) is 0 Å². The Labute approximate surface area is 207 Å². The van der Waals surface area contributed by atoms with Gasteiger partial charge in [-0.05, 0) is 73.2 Å². The first kappa shape index (κ1) is 24.4. The van der Waals surface area contributed by atoms with Crippen molar-refractivity contribution in [3.05, 3.63) is 59.5 Å². The number of rotatable bonds is 7. The van der Waals surface area contributed by atoms with E-state index in [1.54, 1.807) is 27.8 Å². The van der Waals surface area contributed by atoms with E-state index in [2.05, 4.69) is 42.9 Å². The molecule has 35 heavy (non-hydrogen) atoms. The van der Waals surface area contributed by atoms with Gasteiger partial charge in [0.05, 0.1) is 17.4 Å². The zero-order valence-electron chi connectivity index (χ0n) is 20.9. The molecule has 2 aliphatic rings. The lowest BCUT2D eigenvalue weighted by Crippen LogP contribution is -2.54. The summed E-state index contributed by atoms with van der Waals surface area (Å²) in [5, 5.41) is 5.54. The smallest absolute Gasteiger partial charge is 0.282 e. The molecule has 1 aliphatic heterocycles. The predicted molar refractivity (Wildman–Crippen MR) is 136 cm³/mol. The number of nitrogens with zero attached hydrogens (tertiary/aromatic N) is 5. The number of piperazine rings is 1. The van der Waals surface area contributed by atoms with E-state index in [0.717, 1.165) is 47.1 Å². The summed E-state index contributed by atoms with van der Waals surface area (Å²) in [5.74, 6) is 0.193. The molecule has 5 rings (SSSR count). The van der Waals surface area contributed by atoms with Gasteiger partial charge in [-0.1, -0.05) is 13.8 Å². The minimum Gasteiger partial charge on any atom is -0.293 e. The maximum atomic E-state index is 13.4. The fourth-order valence-corrected chi connectivity index (χ4v) is 6.73. The summed E-state index contributed by atoms with van der Waals surface area (Å²) < 4.78 is 45.2. The molecule has 0 radical (unpaired) electrons. The monoisotopic (exact) mass is 499 g/mol. The summed E-state index contributed by atoms with van der Waals surface area (Å²) >= 11 is 0. The van der Waals surface area contributed by atoms with Gasteiger partial charge in [0.25, 0.3) is 10.2 Å². The molecule has 2 aromatic carbocycles.